The zero-order valence-corrected chi connectivity index (χ0v) is 15.0. The molecule has 1 aliphatic carbocycles. The molecule has 1 unspecified atom stereocenters. The van der Waals surface area contributed by atoms with Gasteiger partial charge in [-0.25, -0.2) is 9.97 Å². The van der Waals surface area contributed by atoms with E-state index in [1.807, 2.05) is 6.07 Å². The first kappa shape index (κ1) is 16.8. The fraction of sp³-hybridized carbons (Fsp3) is 0.737. The molecule has 2 saturated heterocycles. The van der Waals surface area contributed by atoms with Gasteiger partial charge >= 0.3 is 0 Å². The van der Waals surface area contributed by atoms with Gasteiger partial charge in [0.1, 0.15) is 0 Å². The van der Waals surface area contributed by atoms with Gasteiger partial charge in [0.05, 0.1) is 5.92 Å². The van der Waals surface area contributed by atoms with Crippen molar-refractivity contribution in [1.29, 1.82) is 0 Å². The molecular weight excluding hydrogens is 314 g/mol. The predicted octanol–water partition coefficient (Wildman–Crippen LogP) is 1.78. The average Bonchev–Trinajstić information content (AvgIpc) is 3.23. The van der Waals surface area contributed by atoms with Gasteiger partial charge in [0.2, 0.25) is 11.9 Å². The lowest BCUT2D eigenvalue weighted by Crippen LogP contribution is -2.54. The second-order valence-electron chi connectivity index (χ2n) is 7.63. The Balaban J connectivity index is 1.32. The summed E-state index contributed by atoms with van der Waals surface area (Å²) >= 11 is 0. The molecule has 1 aromatic heterocycles. The SMILES string of the molecule is O=C(C1CCCN(c2ncccn2)C1)N1CCN(C2CCCC2)CC1. The van der Waals surface area contributed by atoms with Crippen molar-refractivity contribution in [2.75, 3.05) is 44.2 Å². The fourth-order valence-electron chi connectivity index (χ4n) is 4.65. The largest absolute Gasteiger partial charge is 0.340 e. The minimum Gasteiger partial charge on any atom is -0.340 e. The summed E-state index contributed by atoms with van der Waals surface area (Å²) in [6.45, 7) is 5.60. The molecule has 2 aliphatic heterocycles. The highest BCUT2D eigenvalue weighted by Gasteiger charge is 2.33. The van der Waals surface area contributed by atoms with Crippen LogP contribution in [0.1, 0.15) is 38.5 Å². The molecule has 6 nitrogen and oxygen atoms in total. The Morgan fingerprint density at radius 1 is 0.920 bits per heavy atom. The second-order valence-corrected chi connectivity index (χ2v) is 7.63. The van der Waals surface area contributed by atoms with E-state index in [0.29, 0.717) is 5.91 Å². The van der Waals surface area contributed by atoms with Gasteiger partial charge in [-0.15, -0.1) is 0 Å². The van der Waals surface area contributed by atoms with Gasteiger partial charge in [0, 0.05) is 57.7 Å². The van der Waals surface area contributed by atoms with E-state index in [4.69, 9.17) is 0 Å². The molecule has 0 N–H and O–H groups in total. The maximum absolute atomic E-state index is 13.0. The van der Waals surface area contributed by atoms with E-state index in [-0.39, 0.29) is 5.92 Å². The van der Waals surface area contributed by atoms with Crippen LogP contribution in [0.2, 0.25) is 0 Å². The van der Waals surface area contributed by atoms with Crippen LogP contribution in [0.4, 0.5) is 5.95 Å². The number of piperazine rings is 1. The van der Waals surface area contributed by atoms with Crippen LogP contribution in [0.3, 0.4) is 0 Å². The number of piperidine rings is 1. The highest BCUT2D eigenvalue weighted by atomic mass is 16.2. The monoisotopic (exact) mass is 343 g/mol. The summed E-state index contributed by atoms with van der Waals surface area (Å²) in [5, 5.41) is 0. The maximum atomic E-state index is 13.0. The van der Waals surface area contributed by atoms with E-state index in [2.05, 4.69) is 24.7 Å². The van der Waals surface area contributed by atoms with Crippen LogP contribution < -0.4 is 4.90 Å². The van der Waals surface area contributed by atoms with Crippen LogP contribution in [0.25, 0.3) is 0 Å². The van der Waals surface area contributed by atoms with E-state index >= 15 is 0 Å². The van der Waals surface area contributed by atoms with Crippen molar-refractivity contribution in [3.05, 3.63) is 18.5 Å². The number of rotatable bonds is 3. The van der Waals surface area contributed by atoms with Gasteiger partial charge < -0.3 is 9.80 Å². The molecule has 3 heterocycles. The van der Waals surface area contributed by atoms with Gasteiger partial charge in [-0.05, 0) is 31.7 Å². The molecule has 0 radical (unpaired) electrons. The van der Waals surface area contributed by atoms with Crippen LogP contribution >= 0.6 is 0 Å². The first-order valence-corrected chi connectivity index (χ1v) is 9.86. The third kappa shape index (κ3) is 3.78. The van der Waals surface area contributed by atoms with Crippen molar-refractivity contribution in [2.45, 2.75) is 44.6 Å². The van der Waals surface area contributed by atoms with Crippen molar-refractivity contribution in [1.82, 2.24) is 19.8 Å². The molecule has 0 aromatic carbocycles. The number of hydrogen-bond acceptors (Lipinski definition) is 5. The van der Waals surface area contributed by atoms with E-state index in [1.165, 1.54) is 25.7 Å². The van der Waals surface area contributed by atoms with Crippen molar-refractivity contribution in [2.24, 2.45) is 5.92 Å². The minimum absolute atomic E-state index is 0.0931. The Morgan fingerprint density at radius 3 is 2.36 bits per heavy atom. The Bertz CT molecular complexity index is 566. The normalized spacial score (nSPS) is 26.2. The fourth-order valence-corrected chi connectivity index (χ4v) is 4.65. The molecule has 4 rings (SSSR count). The first-order chi connectivity index (χ1) is 12.3. The Morgan fingerprint density at radius 2 is 1.64 bits per heavy atom. The zero-order chi connectivity index (χ0) is 17.1. The average molecular weight is 343 g/mol. The number of amides is 1. The third-order valence-corrected chi connectivity index (χ3v) is 6.07. The third-order valence-electron chi connectivity index (χ3n) is 6.07. The lowest BCUT2D eigenvalue weighted by atomic mass is 9.96. The number of carbonyl (C=O) groups is 1. The van der Waals surface area contributed by atoms with Crippen molar-refractivity contribution < 1.29 is 4.79 Å². The topological polar surface area (TPSA) is 52.6 Å². The smallest absolute Gasteiger partial charge is 0.227 e. The highest BCUT2D eigenvalue weighted by molar-refractivity contribution is 5.79. The van der Waals surface area contributed by atoms with E-state index < -0.39 is 0 Å². The molecule has 6 heteroatoms. The Labute approximate surface area is 150 Å². The standard InChI is InChI=1S/C19H29N5O/c25-18(23-13-11-22(12-14-23)17-6-1-2-7-17)16-5-3-10-24(15-16)19-20-8-4-9-21-19/h4,8-9,16-17H,1-3,5-7,10-15H2. The van der Waals surface area contributed by atoms with Crippen LogP contribution in [0.15, 0.2) is 18.5 Å². The van der Waals surface area contributed by atoms with Gasteiger partial charge in [0.15, 0.2) is 0 Å². The quantitative estimate of drug-likeness (QED) is 0.837. The summed E-state index contributed by atoms with van der Waals surface area (Å²) < 4.78 is 0. The predicted molar refractivity (Wildman–Crippen MR) is 97.4 cm³/mol. The molecule has 0 bridgehead atoms. The molecule has 3 aliphatic rings. The molecule has 1 amide bonds. The summed E-state index contributed by atoms with van der Waals surface area (Å²) in [5.41, 5.74) is 0. The molecule has 1 aromatic rings. The van der Waals surface area contributed by atoms with Gasteiger partial charge in [0.25, 0.3) is 0 Å². The molecule has 1 saturated carbocycles. The summed E-state index contributed by atoms with van der Waals surface area (Å²) in [7, 11) is 0. The van der Waals surface area contributed by atoms with Gasteiger partial charge in [-0.3, -0.25) is 9.69 Å². The maximum Gasteiger partial charge on any atom is 0.227 e. The number of aromatic nitrogens is 2. The van der Waals surface area contributed by atoms with E-state index in [9.17, 15) is 4.79 Å². The van der Waals surface area contributed by atoms with Gasteiger partial charge in [-0.2, -0.15) is 0 Å². The first-order valence-electron chi connectivity index (χ1n) is 9.86. The molecule has 3 fully saturated rings. The lowest BCUT2D eigenvalue weighted by molar-refractivity contribution is -0.137. The van der Waals surface area contributed by atoms with Gasteiger partial charge in [-0.1, -0.05) is 12.8 Å². The molecular formula is C19H29N5O. The summed E-state index contributed by atoms with van der Waals surface area (Å²) in [6, 6.07) is 2.61. The van der Waals surface area contributed by atoms with Crippen molar-refractivity contribution in [3.8, 4) is 0 Å². The van der Waals surface area contributed by atoms with Crippen molar-refractivity contribution >= 4 is 11.9 Å². The summed E-state index contributed by atoms with van der Waals surface area (Å²) in [6.07, 6.45) is 11.0. The molecule has 0 spiro atoms. The van der Waals surface area contributed by atoms with Crippen LogP contribution in [-0.4, -0.2) is 71.0 Å². The van der Waals surface area contributed by atoms with Crippen molar-refractivity contribution in [3.63, 3.8) is 0 Å². The minimum atomic E-state index is 0.0931. The molecule has 136 valence electrons. The molecule has 25 heavy (non-hydrogen) atoms. The molecule has 1 atom stereocenters. The summed E-state index contributed by atoms with van der Waals surface area (Å²) in [5.74, 6) is 1.19. The number of anilines is 1. The zero-order valence-electron chi connectivity index (χ0n) is 15.0. The number of carbonyl (C=O) groups excluding carboxylic acids is 1. The lowest BCUT2D eigenvalue weighted by Gasteiger charge is -2.40. The second kappa shape index (κ2) is 7.68. The van der Waals surface area contributed by atoms with Crippen LogP contribution in [-0.2, 0) is 4.79 Å². The highest BCUT2D eigenvalue weighted by Crippen LogP contribution is 2.26. The Hall–Kier alpha value is -1.69. The van der Waals surface area contributed by atoms with Crippen LogP contribution in [0.5, 0.6) is 0 Å². The number of nitrogens with zero attached hydrogens (tertiary/aromatic N) is 5. The van der Waals surface area contributed by atoms with E-state index in [0.717, 1.165) is 64.1 Å². The Kier molecular flexibility index (Phi) is 5.15. The van der Waals surface area contributed by atoms with Crippen LogP contribution in [0, 0.1) is 5.92 Å². The van der Waals surface area contributed by atoms with E-state index in [1.54, 1.807) is 12.4 Å². The number of hydrogen-bond donors (Lipinski definition) is 0. The summed E-state index contributed by atoms with van der Waals surface area (Å²) in [4.78, 5) is 28.6.